The van der Waals surface area contributed by atoms with Gasteiger partial charge in [-0.3, -0.25) is 0 Å². The second-order valence-corrected chi connectivity index (χ2v) is 6.18. The van der Waals surface area contributed by atoms with Crippen molar-refractivity contribution in [2.75, 3.05) is 6.26 Å². The van der Waals surface area contributed by atoms with E-state index in [4.69, 9.17) is 5.26 Å². The van der Waals surface area contributed by atoms with Crippen LogP contribution < -0.4 is 5.32 Å². The van der Waals surface area contributed by atoms with Gasteiger partial charge in [0.2, 0.25) is 0 Å². The van der Waals surface area contributed by atoms with E-state index in [0.717, 1.165) is 11.7 Å². The van der Waals surface area contributed by atoms with E-state index in [1.165, 1.54) is 38.5 Å². The Morgan fingerprint density at radius 2 is 1.81 bits per heavy atom. The summed E-state index contributed by atoms with van der Waals surface area (Å²) in [5.74, 6) is 0.261. The molecule has 0 bridgehead atoms. The van der Waals surface area contributed by atoms with Crippen molar-refractivity contribution in [1.82, 2.24) is 5.32 Å². The Morgan fingerprint density at radius 3 is 2.56 bits per heavy atom. The molecular formula is C13H22N2S. The maximum atomic E-state index is 9.16. The fourth-order valence-corrected chi connectivity index (χ4v) is 4.10. The molecule has 1 N–H and O–H groups in total. The summed E-state index contributed by atoms with van der Waals surface area (Å²) >= 11 is 1.99. The largest absolute Gasteiger partial charge is 0.309 e. The van der Waals surface area contributed by atoms with E-state index in [2.05, 4.69) is 17.6 Å². The molecule has 3 heteroatoms. The van der Waals surface area contributed by atoms with Crippen LogP contribution in [0.4, 0.5) is 0 Å². The van der Waals surface area contributed by atoms with Crippen LogP contribution in [-0.4, -0.2) is 23.6 Å². The van der Waals surface area contributed by atoms with Crippen LogP contribution in [0.1, 0.15) is 44.9 Å². The molecule has 2 saturated carbocycles. The van der Waals surface area contributed by atoms with E-state index >= 15 is 0 Å². The van der Waals surface area contributed by atoms with Crippen LogP contribution in [0.15, 0.2) is 0 Å². The first kappa shape index (κ1) is 12.3. The Kier molecular flexibility index (Phi) is 4.55. The summed E-state index contributed by atoms with van der Waals surface area (Å²) in [5.41, 5.74) is 0. The second-order valence-electron chi connectivity index (χ2n) is 5.10. The number of rotatable bonds is 3. The molecule has 0 amide bonds. The predicted octanol–water partition coefficient (Wildman–Crippen LogP) is 2.94. The number of nitrogens with zero attached hydrogens (tertiary/aromatic N) is 1. The van der Waals surface area contributed by atoms with Crippen LogP contribution in [0.2, 0.25) is 0 Å². The highest BCUT2D eigenvalue weighted by Crippen LogP contribution is 2.31. The van der Waals surface area contributed by atoms with Crippen molar-refractivity contribution in [3.63, 3.8) is 0 Å². The minimum absolute atomic E-state index is 0.261. The average molecular weight is 238 g/mol. The van der Waals surface area contributed by atoms with Gasteiger partial charge in [-0.2, -0.15) is 17.0 Å². The van der Waals surface area contributed by atoms with Gasteiger partial charge in [-0.1, -0.05) is 19.3 Å². The van der Waals surface area contributed by atoms with Crippen LogP contribution >= 0.6 is 11.8 Å². The fourth-order valence-electron chi connectivity index (χ4n) is 3.16. The first-order chi connectivity index (χ1) is 7.85. The van der Waals surface area contributed by atoms with Gasteiger partial charge in [0, 0.05) is 17.3 Å². The van der Waals surface area contributed by atoms with Crippen molar-refractivity contribution in [3.8, 4) is 6.07 Å². The topological polar surface area (TPSA) is 35.8 Å². The Labute approximate surface area is 103 Å². The minimum atomic E-state index is 0.261. The van der Waals surface area contributed by atoms with E-state index in [1.54, 1.807) is 0 Å². The van der Waals surface area contributed by atoms with E-state index in [0.29, 0.717) is 12.1 Å². The molecule has 90 valence electrons. The first-order valence-electron chi connectivity index (χ1n) is 6.53. The molecular weight excluding hydrogens is 216 g/mol. The van der Waals surface area contributed by atoms with E-state index in [1.807, 2.05) is 11.8 Å². The Hall–Kier alpha value is -0.200. The maximum Gasteiger partial charge on any atom is 0.0672 e. The Bertz CT molecular complexity index is 261. The van der Waals surface area contributed by atoms with Crippen LogP contribution in [0, 0.1) is 17.2 Å². The second kappa shape index (κ2) is 5.93. The molecule has 0 aromatic carbocycles. The van der Waals surface area contributed by atoms with Gasteiger partial charge in [-0.25, -0.2) is 0 Å². The third-order valence-electron chi connectivity index (χ3n) is 4.12. The van der Waals surface area contributed by atoms with Crippen molar-refractivity contribution in [2.24, 2.45) is 5.92 Å². The zero-order chi connectivity index (χ0) is 11.4. The molecule has 2 aliphatic rings. The molecule has 16 heavy (non-hydrogen) atoms. The summed E-state index contributed by atoms with van der Waals surface area (Å²) < 4.78 is 0. The lowest BCUT2D eigenvalue weighted by Crippen LogP contribution is -2.46. The molecule has 0 aromatic rings. The lowest BCUT2D eigenvalue weighted by atomic mass is 9.85. The number of nitriles is 1. The highest BCUT2D eigenvalue weighted by Gasteiger charge is 2.32. The molecule has 2 rings (SSSR count). The predicted molar refractivity (Wildman–Crippen MR) is 69.4 cm³/mol. The molecule has 0 aliphatic heterocycles. The van der Waals surface area contributed by atoms with Crippen LogP contribution in [0.5, 0.6) is 0 Å². The summed E-state index contributed by atoms with van der Waals surface area (Å²) in [6.45, 7) is 0. The third kappa shape index (κ3) is 2.73. The summed E-state index contributed by atoms with van der Waals surface area (Å²) in [7, 11) is 0. The molecule has 0 saturated heterocycles. The number of thioether (sulfide) groups is 1. The molecule has 0 radical (unpaired) electrons. The smallest absolute Gasteiger partial charge is 0.0672 e. The molecule has 0 heterocycles. The summed E-state index contributed by atoms with van der Waals surface area (Å²) in [6.07, 6.45) is 11.1. The highest BCUT2D eigenvalue weighted by molar-refractivity contribution is 7.99. The van der Waals surface area contributed by atoms with Gasteiger partial charge >= 0.3 is 0 Å². The first-order valence-corrected chi connectivity index (χ1v) is 7.82. The van der Waals surface area contributed by atoms with E-state index in [9.17, 15) is 0 Å². The lowest BCUT2D eigenvalue weighted by molar-refractivity contribution is 0.288. The lowest BCUT2D eigenvalue weighted by Gasteiger charge is -2.32. The van der Waals surface area contributed by atoms with Crippen LogP contribution in [-0.2, 0) is 0 Å². The average Bonchev–Trinajstić information content (AvgIpc) is 2.77. The zero-order valence-corrected chi connectivity index (χ0v) is 10.9. The summed E-state index contributed by atoms with van der Waals surface area (Å²) in [4.78, 5) is 0. The van der Waals surface area contributed by atoms with E-state index < -0.39 is 0 Å². The van der Waals surface area contributed by atoms with Crippen molar-refractivity contribution in [3.05, 3.63) is 0 Å². The van der Waals surface area contributed by atoms with Crippen molar-refractivity contribution < 1.29 is 0 Å². The normalized spacial score (nSPS) is 39.5. The molecule has 4 unspecified atom stereocenters. The molecule has 0 aromatic heterocycles. The Morgan fingerprint density at radius 1 is 1.06 bits per heavy atom. The third-order valence-corrected chi connectivity index (χ3v) is 5.28. The van der Waals surface area contributed by atoms with Gasteiger partial charge in [0.25, 0.3) is 0 Å². The minimum Gasteiger partial charge on any atom is -0.309 e. The maximum absolute atomic E-state index is 9.16. The van der Waals surface area contributed by atoms with Gasteiger partial charge in [-0.15, -0.1) is 0 Å². The van der Waals surface area contributed by atoms with Gasteiger partial charge in [-0.05, 0) is 31.9 Å². The van der Waals surface area contributed by atoms with Crippen molar-refractivity contribution in [2.45, 2.75) is 62.3 Å². The van der Waals surface area contributed by atoms with Gasteiger partial charge in [0.1, 0.15) is 0 Å². The van der Waals surface area contributed by atoms with Crippen molar-refractivity contribution >= 4 is 11.8 Å². The number of nitrogens with one attached hydrogen (secondary N) is 1. The highest BCUT2D eigenvalue weighted by atomic mass is 32.2. The molecule has 2 nitrogen and oxygen atoms in total. The van der Waals surface area contributed by atoms with Crippen LogP contribution in [0.3, 0.4) is 0 Å². The van der Waals surface area contributed by atoms with E-state index in [-0.39, 0.29) is 5.92 Å². The fraction of sp³-hybridized carbons (Fsp3) is 0.923. The molecule has 0 spiro atoms. The summed E-state index contributed by atoms with van der Waals surface area (Å²) in [5, 5.41) is 13.7. The monoisotopic (exact) mass is 238 g/mol. The SMILES string of the molecule is CSC1CCCC1NC1CCCCC1C#N. The Balaban J connectivity index is 1.89. The van der Waals surface area contributed by atoms with Crippen molar-refractivity contribution in [1.29, 1.82) is 5.26 Å². The summed E-state index contributed by atoms with van der Waals surface area (Å²) in [6, 6.07) is 3.62. The number of hydrogen-bond acceptors (Lipinski definition) is 3. The zero-order valence-electron chi connectivity index (χ0n) is 10.1. The molecule has 2 aliphatic carbocycles. The quantitative estimate of drug-likeness (QED) is 0.821. The van der Waals surface area contributed by atoms with Gasteiger partial charge < -0.3 is 5.32 Å². The van der Waals surface area contributed by atoms with Gasteiger partial charge in [0.05, 0.1) is 12.0 Å². The number of hydrogen-bond donors (Lipinski definition) is 1. The van der Waals surface area contributed by atoms with Crippen LogP contribution in [0.25, 0.3) is 0 Å². The van der Waals surface area contributed by atoms with Gasteiger partial charge in [0.15, 0.2) is 0 Å². The molecule has 2 fully saturated rings. The standard InChI is InChI=1S/C13H22N2S/c1-16-13-8-4-7-12(13)15-11-6-3-2-5-10(11)9-14/h10-13,15H,2-8H2,1H3. The molecule has 4 atom stereocenters.